The Morgan fingerprint density at radius 2 is 2.10 bits per heavy atom. The molecule has 0 aromatic heterocycles. The molecular formula is C12H9ClF3NO3. The lowest BCUT2D eigenvalue weighted by atomic mass is 10.1. The summed E-state index contributed by atoms with van der Waals surface area (Å²) in [4.78, 5) is 11.7. The predicted octanol–water partition coefficient (Wildman–Crippen LogP) is 3.37. The molecule has 1 rings (SSSR count). The van der Waals surface area contributed by atoms with Crippen LogP contribution in [0.3, 0.4) is 0 Å². The van der Waals surface area contributed by atoms with E-state index < -0.39 is 23.6 Å². The summed E-state index contributed by atoms with van der Waals surface area (Å²) in [5.41, 5.74) is -0.622. The summed E-state index contributed by atoms with van der Waals surface area (Å²) in [5, 5.41) is 8.81. The zero-order chi connectivity index (χ0) is 15.3. The van der Waals surface area contributed by atoms with Crippen molar-refractivity contribution in [3.63, 3.8) is 0 Å². The summed E-state index contributed by atoms with van der Waals surface area (Å²) in [6.07, 6.45) is -4.99. The Morgan fingerprint density at radius 1 is 1.45 bits per heavy atom. The van der Waals surface area contributed by atoms with Crippen LogP contribution in [0, 0.1) is 11.3 Å². The fourth-order valence-electron chi connectivity index (χ4n) is 1.45. The first kappa shape index (κ1) is 16.1. The van der Waals surface area contributed by atoms with Crippen LogP contribution in [0.15, 0.2) is 12.1 Å². The summed E-state index contributed by atoms with van der Waals surface area (Å²) in [7, 11) is 0. The maximum absolute atomic E-state index is 12.4. The highest BCUT2D eigenvalue weighted by molar-refractivity contribution is 6.17. The molecule has 0 spiro atoms. The summed E-state index contributed by atoms with van der Waals surface area (Å²) in [6, 6.07) is 3.82. The Bertz CT molecular complexity index is 552. The van der Waals surface area contributed by atoms with Crippen LogP contribution >= 0.6 is 11.6 Å². The number of esters is 1. The maximum Gasteiger partial charge on any atom is 0.573 e. The summed E-state index contributed by atoms with van der Waals surface area (Å²) in [5.74, 6) is -2.12. The molecule has 1 aromatic rings. The molecule has 0 unspecified atom stereocenters. The molecule has 108 valence electrons. The van der Waals surface area contributed by atoms with Crippen molar-refractivity contribution in [2.24, 2.45) is 0 Å². The molecule has 0 N–H and O–H groups in total. The number of ether oxygens (including phenoxy) is 2. The van der Waals surface area contributed by atoms with E-state index in [0.717, 1.165) is 12.1 Å². The fraction of sp³-hybridized carbons (Fsp3) is 0.333. The summed E-state index contributed by atoms with van der Waals surface area (Å²) < 4.78 is 45.6. The minimum Gasteiger partial charge on any atom is -0.462 e. The molecule has 1 aromatic carbocycles. The lowest BCUT2D eigenvalue weighted by Gasteiger charge is -2.16. The number of nitriles is 1. The van der Waals surface area contributed by atoms with Crippen LogP contribution < -0.4 is 4.74 Å². The molecule has 8 heteroatoms. The third-order valence-corrected chi connectivity index (χ3v) is 2.44. The van der Waals surface area contributed by atoms with Crippen LogP contribution in [-0.2, 0) is 10.6 Å². The van der Waals surface area contributed by atoms with E-state index in [-0.39, 0.29) is 23.6 Å². The normalized spacial score (nSPS) is 10.8. The van der Waals surface area contributed by atoms with Gasteiger partial charge in [0.2, 0.25) is 0 Å². The average Bonchev–Trinajstić information content (AvgIpc) is 2.37. The molecule has 20 heavy (non-hydrogen) atoms. The van der Waals surface area contributed by atoms with Gasteiger partial charge in [-0.2, -0.15) is 5.26 Å². The summed E-state index contributed by atoms with van der Waals surface area (Å²) >= 11 is 5.53. The molecule has 0 bridgehead atoms. The molecule has 0 aliphatic heterocycles. The molecule has 0 radical (unpaired) electrons. The zero-order valence-electron chi connectivity index (χ0n) is 10.3. The third-order valence-electron chi connectivity index (χ3n) is 2.15. The smallest absolute Gasteiger partial charge is 0.462 e. The first-order valence-corrected chi connectivity index (χ1v) is 5.91. The number of benzene rings is 1. The maximum atomic E-state index is 12.4. The number of carbonyl (C=O) groups excluding carboxylic acids is 1. The van der Waals surface area contributed by atoms with Crippen molar-refractivity contribution in [2.45, 2.75) is 19.2 Å². The molecule has 4 nitrogen and oxygen atoms in total. The van der Waals surface area contributed by atoms with Gasteiger partial charge in [0, 0.05) is 5.56 Å². The van der Waals surface area contributed by atoms with Crippen LogP contribution in [0.4, 0.5) is 13.2 Å². The van der Waals surface area contributed by atoms with Gasteiger partial charge < -0.3 is 9.47 Å². The number of halogens is 4. The first-order valence-electron chi connectivity index (χ1n) is 5.38. The molecule has 0 fully saturated rings. The van der Waals surface area contributed by atoms with Crippen molar-refractivity contribution in [3.8, 4) is 11.8 Å². The van der Waals surface area contributed by atoms with Gasteiger partial charge in [-0.25, -0.2) is 4.79 Å². The van der Waals surface area contributed by atoms with Crippen molar-refractivity contribution in [2.75, 3.05) is 6.61 Å². The van der Waals surface area contributed by atoms with Crippen LogP contribution in [0.1, 0.15) is 28.4 Å². The lowest BCUT2D eigenvalue weighted by Crippen LogP contribution is -2.21. The average molecular weight is 308 g/mol. The molecule has 0 saturated carbocycles. The Morgan fingerprint density at radius 3 is 2.55 bits per heavy atom. The van der Waals surface area contributed by atoms with E-state index in [4.69, 9.17) is 16.9 Å². The molecular weight excluding hydrogens is 299 g/mol. The number of carbonyl (C=O) groups is 1. The number of hydrogen-bond donors (Lipinski definition) is 0. The molecule has 0 saturated heterocycles. The number of hydrogen-bond acceptors (Lipinski definition) is 4. The fourth-order valence-corrected chi connectivity index (χ4v) is 1.65. The number of rotatable bonds is 4. The van der Waals surface area contributed by atoms with Gasteiger partial charge in [0.05, 0.1) is 24.1 Å². The SMILES string of the molecule is CCOC(=O)c1cc(C#N)cc(CCl)c1OC(F)(F)F. The highest BCUT2D eigenvalue weighted by Crippen LogP contribution is 2.33. The van der Waals surface area contributed by atoms with Gasteiger partial charge in [0.1, 0.15) is 11.3 Å². The van der Waals surface area contributed by atoms with Crippen LogP contribution in [0.2, 0.25) is 0 Å². The Balaban J connectivity index is 3.43. The highest BCUT2D eigenvalue weighted by Gasteiger charge is 2.34. The minimum atomic E-state index is -4.99. The van der Waals surface area contributed by atoms with Gasteiger partial charge >= 0.3 is 12.3 Å². The number of nitrogens with zero attached hydrogens (tertiary/aromatic N) is 1. The van der Waals surface area contributed by atoms with Crippen molar-refractivity contribution >= 4 is 17.6 Å². The van der Waals surface area contributed by atoms with E-state index in [1.807, 2.05) is 0 Å². The predicted molar refractivity (Wildman–Crippen MR) is 63.4 cm³/mol. The second-order valence-electron chi connectivity index (χ2n) is 3.53. The van der Waals surface area contributed by atoms with Crippen molar-refractivity contribution in [1.29, 1.82) is 5.26 Å². The summed E-state index contributed by atoms with van der Waals surface area (Å²) in [6.45, 7) is 1.47. The second kappa shape index (κ2) is 6.48. The molecule has 0 heterocycles. The van der Waals surface area contributed by atoms with Gasteiger partial charge in [0.15, 0.2) is 0 Å². The van der Waals surface area contributed by atoms with Crippen molar-refractivity contribution in [3.05, 3.63) is 28.8 Å². The monoisotopic (exact) mass is 307 g/mol. The van der Waals surface area contributed by atoms with E-state index in [0.29, 0.717) is 0 Å². The van der Waals surface area contributed by atoms with E-state index in [1.54, 1.807) is 6.07 Å². The van der Waals surface area contributed by atoms with Gasteiger partial charge in [-0.1, -0.05) is 0 Å². The Labute approximate surface area is 117 Å². The lowest BCUT2D eigenvalue weighted by molar-refractivity contribution is -0.275. The zero-order valence-corrected chi connectivity index (χ0v) is 11.0. The molecule has 0 amide bonds. The first-order chi connectivity index (χ1) is 9.32. The topological polar surface area (TPSA) is 59.3 Å². The number of alkyl halides is 4. The minimum absolute atomic E-state index is 0.0155. The van der Waals surface area contributed by atoms with Crippen LogP contribution in [0.5, 0.6) is 5.75 Å². The quantitative estimate of drug-likeness (QED) is 0.632. The third kappa shape index (κ3) is 4.03. The Kier molecular flexibility index (Phi) is 5.22. The van der Waals surface area contributed by atoms with Crippen LogP contribution in [0.25, 0.3) is 0 Å². The second-order valence-corrected chi connectivity index (χ2v) is 3.79. The molecule has 0 atom stereocenters. The van der Waals surface area contributed by atoms with E-state index in [9.17, 15) is 18.0 Å². The Hall–Kier alpha value is -1.94. The standard InChI is InChI=1S/C12H9ClF3NO3/c1-2-19-11(18)9-4-7(6-17)3-8(5-13)10(9)20-12(14,15)16/h3-4H,2,5H2,1H3. The van der Waals surface area contributed by atoms with Gasteiger partial charge in [0.25, 0.3) is 0 Å². The molecule has 0 aliphatic rings. The molecule has 0 aliphatic carbocycles. The largest absolute Gasteiger partial charge is 0.573 e. The van der Waals surface area contributed by atoms with E-state index in [2.05, 4.69) is 9.47 Å². The van der Waals surface area contributed by atoms with Crippen molar-refractivity contribution < 1.29 is 27.4 Å². The van der Waals surface area contributed by atoms with E-state index in [1.165, 1.54) is 6.92 Å². The van der Waals surface area contributed by atoms with Gasteiger partial charge in [-0.3, -0.25) is 0 Å². The van der Waals surface area contributed by atoms with Gasteiger partial charge in [-0.15, -0.1) is 24.8 Å². The van der Waals surface area contributed by atoms with Crippen molar-refractivity contribution in [1.82, 2.24) is 0 Å². The highest BCUT2D eigenvalue weighted by atomic mass is 35.5. The van der Waals surface area contributed by atoms with Crippen LogP contribution in [-0.4, -0.2) is 18.9 Å². The van der Waals surface area contributed by atoms with Gasteiger partial charge in [-0.05, 0) is 19.1 Å². The van der Waals surface area contributed by atoms with E-state index >= 15 is 0 Å².